The molecule has 0 spiro atoms. The highest BCUT2D eigenvalue weighted by molar-refractivity contribution is 5.95. The minimum atomic E-state index is -0.540. The highest BCUT2D eigenvalue weighted by atomic mass is 19.1. The van der Waals surface area contributed by atoms with Crippen LogP contribution in [0.2, 0.25) is 0 Å². The van der Waals surface area contributed by atoms with Gasteiger partial charge in [0.15, 0.2) is 0 Å². The minimum Gasteiger partial charge on any atom is -0.399 e. The fraction of sp³-hybridized carbons (Fsp3) is 0.500. The van der Waals surface area contributed by atoms with Gasteiger partial charge in [-0.15, -0.1) is 0 Å². The highest BCUT2D eigenvalue weighted by Gasteiger charge is 2.28. The van der Waals surface area contributed by atoms with Gasteiger partial charge in [-0.1, -0.05) is 20.8 Å². The molecule has 0 aliphatic heterocycles. The number of rotatable bonds is 2. The summed E-state index contributed by atoms with van der Waals surface area (Å²) in [5.41, 5.74) is 5.93. The van der Waals surface area contributed by atoms with E-state index < -0.39 is 5.82 Å². The van der Waals surface area contributed by atoms with Gasteiger partial charge in [0.05, 0.1) is 5.56 Å². The van der Waals surface area contributed by atoms with Crippen molar-refractivity contribution in [2.75, 3.05) is 12.8 Å². The van der Waals surface area contributed by atoms with Crippen LogP contribution in [0.15, 0.2) is 18.2 Å². The lowest BCUT2D eigenvalue weighted by Gasteiger charge is -2.35. The molecule has 0 bridgehead atoms. The largest absolute Gasteiger partial charge is 0.399 e. The van der Waals surface area contributed by atoms with E-state index in [0.29, 0.717) is 5.69 Å². The van der Waals surface area contributed by atoms with E-state index in [2.05, 4.69) is 0 Å². The molecular weight excluding hydrogens is 231 g/mol. The average molecular weight is 252 g/mol. The summed E-state index contributed by atoms with van der Waals surface area (Å²) in [6.07, 6.45) is 0. The van der Waals surface area contributed by atoms with Gasteiger partial charge in [0.2, 0.25) is 0 Å². The number of carbonyl (C=O) groups is 1. The van der Waals surface area contributed by atoms with E-state index in [-0.39, 0.29) is 22.9 Å². The molecule has 0 radical (unpaired) electrons. The maximum Gasteiger partial charge on any atom is 0.256 e. The smallest absolute Gasteiger partial charge is 0.256 e. The molecule has 0 heterocycles. The molecule has 4 heteroatoms. The maximum absolute atomic E-state index is 13.6. The van der Waals surface area contributed by atoms with Crippen molar-refractivity contribution in [1.29, 1.82) is 0 Å². The summed E-state index contributed by atoms with van der Waals surface area (Å²) in [5.74, 6) is -0.885. The first-order valence-corrected chi connectivity index (χ1v) is 5.96. The Kier molecular flexibility index (Phi) is 3.99. The Labute approximate surface area is 108 Å². The third-order valence-electron chi connectivity index (χ3n) is 3.38. The summed E-state index contributed by atoms with van der Waals surface area (Å²) < 4.78 is 13.6. The second-order valence-electron chi connectivity index (χ2n) is 5.70. The van der Waals surface area contributed by atoms with Gasteiger partial charge in [-0.25, -0.2) is 4.39 Å². The molecule has 18 heavy (non-hydrogen) atoms. The van der Waals surface area contributed by atoms with Crippen LogP contribution in [0.3, 0.4) is 0 Å². The number of anilines is 1. The Morgan fingerprint density at radius 2 is 1.94 bits per heavy atom. The molecule has 0 saturated heterocycles. The Morgan fingerprint density at radius 3 is 2.44 bits per heavy atom. The topological polar surface area (TPSA) is 46.3 Å². The summed E-state index contributed by atoms with van der Waals surface area (Å²) >= 11 is 0. The van der Waals surface area contributed by atoms with Gasteiger partial charge in [-0.2, -0.15) is 0 Å². The molecule has 1 unspecified atom stereocenters. The van der Waals surface area contributed by atoms with Gasteiger partial charge in [0.25, 0.3) is 5.91 Å². The first-order valence-electron chi connectivity index (χ1n) is 5.96. The third kappa shape index (κ3) is 3.00. The van der Waals surface area contributed by atoms with E-state index >= 15 is 0 Å². The molecule has 0 aliphatic carbocycles. The summed E-state index contributed by atoms with van der Waals surface area (Å²) in [7, 11) is 1.68. The van der Waals surface area contributed by atoms with Crippen molar-refractivity contribution in [2.45, 2.75) is 33.7 Å². The van der Waals surface area contributed by atoms with Gasteiger partial charge in [0, 0.05) is 18.8 Å². The van der Waals surface area contributed by atoms with Crippen LogP contribution in [0.5, 0.6) is 0 Å². The molecule has 1 aromatic carbocycles. The normalized spacial score (nSPS) is 13.2. The van der Waals surface area contributed by atoms with Crippen LogP contribution in [0.1, 0.15) is 38.1 Å². The Hall–Kier alpha value is -1.58. The maximum atomic E-state index is 13.6. The van der Waals surface area contributed by atoms with Crippen molar-refractivity contribution in [3.05, 3.63) is 29.6 Å². The first kappa shape index (κ1) is 14.5. The fourth-order valence-electron chi connectivity index (χ4n) is 1.65. The third-order valence-corrected chi connectivity index (χ3v) is 3.38. The van der Waals surface area contributed by atoms with Gasteiger partial charge >= 0.3 is 0 Å². The van der Waals surface area contributed by atoms with Crippen LogP contribution in [0.25, 0.3) is 0 Å². The molecule has 0 fully saturated rings. The molecule has 0 aromatic heterocycles. The first-order chi connectivity index (χ1) is 8.14. The predicted octanol–water partition coefficient (Wildman–Crippen LogP) is 2.91. The molecule has 0 aliphatic rings. The van der Waals surface area contributed by atoms with Crippen LogP contribution >= 0.6 is 0 Å². The number of nitrogens with two attached hydrogens (primary N) is 1. The molecule has 1 amide bonds. The van der Waals surface area contributed by atoms with E-state index in [9.17, 15) is 9.18 Å². The summed E-state index contributed by atoms with van der Waals surface area (Å²) in [4.78, 5) is 13.8. The van der Waals surface area contributed by atoms with Crippen molar-refractivity contribution in [1.82, 2.24) is 4.90 Å². The molecule has 1 atom stereocenters. The van der Waals surface area contributed by atoms with Crippen LogP contribution < -0.4 is 5.73 Å². The zero-order valence-electron chi connectivity index (χ0n) is 11.6. The van der Waals surface area contributed by atoms with E-state index in [1.807, 2.05) is 27.7 Å². The Bertz CT molecular complexity index is 452. The number of amides is 1. The lowest BCUT2D eigenvalue weighted by atomic mass is 9.87. The summed E-state index contributed by atoms with van der Waals surface area (Å²) in [6.45, 7) is 8.06. The zero-order valence-corrected chi connectivity index (χ0v) is 11.6. The lowest BCUT2D eigenvalue weighted by Crippen LogP contribution is -2.43. The Balaban J connectivity index is 3.04. The molecule has 3 nitrogen and oxygen atoms in total. The van der Waals surface area contributed by atoms with E-state index in [1.54, 1.807) is 11.9 Å². The van der Waals surface area contributed by atoms with Crippen molar-refractivity contribution in [3.8, 4) is 0 Å². The van der Waals surface area contributed by atoms with Crippen molar-refractivity contribution >= 4 is 11.6 Å². The lowest BCUT2D eigenvalue weighted by molar-refractivity contribution is 0.0624. The van der Waals surface area contributed by atoms with E-state index in [4.69, 9.17) is 5.73 Å². The minimum absolute atomic E-state index is 0.00849. The van der Waals surface area contributed by atoms with Crippen LogP contribution in [-0.4, -0.2) is 23.9 Å². The van der Waals surface area contributed by atoms with Crippen molar-refractivity contribution in [3.63, 3.8) is 0 Å². The Morgan fingerprint density at radius 1 is 1.39 bits per heavy atom. The standard InChI is InChI=1S/C14H21FN2O/c1-9(14(2,3)4)17(5)13(18)11-8-10(16)6-7-12(11)15/h6-9H,16H2,1-5H3. The SMILES string of the molecule is CC(N(C)C(=O)c1cc(N)ccc1F)C(C)(C)C. The number of nitrogens with zero attached hydrogens (tertiary/aromatic N) is 1. The molecule has 2 N–H and O–H groups in total. The summed E-state index contributed by atoms with van der Waals surface area (Å²) in [6, 6.07) is 4.03. The number of nitrogen functional groups attached to an aromatic ring is 1. The van der Waals surface area contributed by atoms with E-state index in [1.165, 1.54) is 18.2 Å². The van der Waals surface area contributed by atoms with Gasteiger partial charge < -0.3 is 10.6 Å². The molecule has 0 saturated carbocycles. The second kappa shape index (κ2) is 4.96. The monoisotopic (exact) mass is 252 g/mol. The van der Waals surface area contributed by atoms with Crippen LogP contribution in [0, 0.1) is 11.2 Å². The van der Waals surface area contributed by atoms with Gasteiger partial charge in [-0.3, -0.25) is 4.79 Å². The molecule has 1 rings (SSSR count). The quantitative estimate of drug-likeness (QED) is 0.823. The van der Waals surface area contributed by atoms with Crippen molar-refractivity contribution < 1.29 is 9.18 Å². The number of hydrogen-bond acceptors (Lipinski definition) is 2. The van der Waals surface area contributed by atoms with E-state index in [0.717, 1.165) is 0 Å². The average Bonchev–Trinajstić information content (AvgIpc) is 2.28. The number of halogens is 1. The summed E-state index contributed by atoms with van der Waals surface area (Å²) in [5, 5.41) is 0. The number of hydrogen-bond donors (Lipinski definition) is 1. The molecule has 100 valence electrons. The predicted molar refractivity (Wildman–Crippen MR) is 71.8 cm³/mol. The zero-order chi connectivity index (χ0) is 14.1. The van der Waals surface area contributed by atoms with Crippen LogP contribution in [0.4, 0.5) is 10.1 Å². The fourth-order valence-corrected chi connectivity index (χ4v) is 1.65. The molecule has 1 aromatic rings. The molecular formula is C14H21FN2O. The second-order valence-corrected chi connectivity index (χ2v) is 5.70. The highest BCUT2D eigenvalue weighted by Crippen LogP contribution is 2.25. The van der Waals surface area contributed by atoms with Crippen LogP contribution in [-0.2, 0) is 0 Å². The van der Waals surface area contributed by atoms with Crippen molar-refractivity contribution in [2.24, 2.45) is 5.41 Å². The van der Waals surface area contributed by atoms with Gasteiger partial charge in [0.1, 0.15) is 5.82 Å². The number of benzene rings is 1. The van der Waals surface area contributed by atoms with Gasteiger partial charge in [-0.05, 0) is 30.5 Å². The number of carbonyl (C=O) groups excluding carboxylic acids is 1.